The van der Waals surface area contributed by atoms with Crippen LogP contribution in [0.5, 0.6) is 0 Å². The average Bonchev–Trinajstić information content (AvgIpc) is 3.45. The summed E-state index contributed by atoms with van der Waals surface area (Å²) in [6.07, 6.45) is -0.676. The monoisotopic (exact) mass is 482 g/mol. The fourth-order valence-corrected chi connectivity index (χ4v) is 6.15. The zero-order valence-corrected chi connectivity index (χ0v) is 20.2. The third-order valence-corrected chi connectivity index (χ3v) is 7.63. The molecule has 1 spiro atoms. The maximum atomic E-state index is 15.4. The van der Waals surface area contributed by atoms with Gasteiger partial charge < -0.3 is 19.5 Å². The molecule has 0 unspecified atom stereocenters. The first-order valence-corrected chi connectivity index (χ1v) is 12.1. The van der Waals surface area contributed by atoms with E-state index in [4.69, 9.17) is 9.47 Å². The summed E-state index contributed by atoms with van der Waals surface area (Å²) in [4.78, 5) is 29.2. The third-order valence-electron chi connectivity index (χ3n) is 7.63. The van der Waals surface area contributed by atoms with Gasteiger partial charge in [0.1, 0.15) is 12.3 Å². The van der Waals surface area contributed by atoms with Crippen LogP contribution in [0.2, 0.25) is 0 Å². The molecule has 2 aromatic rings. The fourth-order valence-electron chi connectivity index (χ4n) is 6.15. The number of alkyl halides is 1. The zero-order chi connectivity index (χ0) is 25.0. The predicted octanol–water partition coefficient (Wildman–Crippen LogP) is 4.17. The van der Waals surface area contributed by atoms with E-state index in [9.17, 15) is 14.7 Å². The van der Waals surface area contributed by atoms with Crippen LogP contribution in [0, 0.1) is 11.8 Å². The van der Waals surface area contributed by atoms with Crippen molar-refractivity contribution in [2.45, 2.75) is 51.1 Å². The molecule has 3 aliphatic rings. The quantitative estimate of drug-likeness (QED) is 0.669. The molecule has 0 radical (unpaired) electrons. The van der Waals surface area contributed by atoms with Crippen LogP contribution in [0.1, 0.15) is 38.3 Å². The second-order valence-electron chi connectivity index (χ2n) is 10.1. The van der Waals surface area contributed by atoms with Gasteiger partial charge in [0.2, 0.25) is 0 Å². The molecular formula is C27H31FN2O5. The van der Waals surface area contributed by atoms with Crippen molar-refractivity contribution in [1.29, 1.82) is 0 Å². The molecule has 1 N–H and O–H groups in total. The molecule has 8 heteroatoms. The van der Waals surface area contributed by atoms with E-state index in [1.165, 1.54) is 13.8 Å². The number of anilines is 2. The Kier molecular flexibility index (Phi) is 5.84. The Hall–Kier alpha value is -2.97. The summed E-state index contributed by atoms with van der Waals surface area (Å²) in [5.41, 5.74) is 0.233. The lowest BCUT2D eigenvalue weighted by molar-refractivity contribution is -0.146. The number of aliphatic hydroxyl groups is 1. The van der Waals surface area contributed by atoms with E-state index in [1.807, 2.05) is 55.5 Å². The van der Waals surface area contributed by atoms with Gasteiger partial charge in [0.15, 0.2) is 5.60 Å². The standard InChI is InChI=1S/C27H31FN2O5/c1-17-23(26(2,3)28)22(12-14-31)35-27(17)20-6-4-5-7-21(20)30(24(27)32)16-18-8-10-19(11-9-18)29-13-15-34-25(29)33/h4-11,17,22-23,31H,12-16H2,1-3H3/t17-,22+,23-,27+/m0/s1. The lowest BCUT2D eigenvalue weighted by atomic mass is 9.71. The number of benzene rings is 2. The number of halogens is 1. The van der Waals surface area contributed by atoms with Crippen molar-refractivity contribution in [2.24, 2.45) is 11.8 Å². The number of hydrogen-bond acceptors (Lipinski definition) is 5. The van der Waals surface area contributed by atoms with Gasteiger partial charge in [-0.2, -0.15) is 0 Å². The van der Waals surface area contributed by atoms with Crippen molar-refractivity contribution >= 4 is 23.4 Å². The number of hydrogen-bond donors (Lipinski definition) is 1. The molecule has 2 amide bonds. The molecule has 0 saturated carbocycles. The summed E-state index contributed by atoms with van der Waals surface area (Å²) in [6.45, 7) is 5.96. The van der Waals surface area contributed by atoms with Gasteiger partial charge in [0, 0.05) is 29.7 Å². The van der Waals surface area contributed by atoms with Crippen LogP contribution >= 0.6 is 0 Å². The number of amides is 2. The summed E-state index contributed by atoms with van der Waals surface area (Å²) >= 11 is 0. The van der Waals surface area contributed by atoms with Crippen LogP contribution in [0.15, 0.2) is 48.5 Å². The minimum Gasteiger partial charge on any atom is -0.447 e. The van der Waals surface area contributed by atoms with E-state index in [-0.39, 0.29) is 25.0 Å². The molecule has 186 valence electrons. The molecule has 5 rings (SSSR count). The molecule has 4 atom stereocenters. The van der Waals surface area contributed by atoms with Crippen LogP contribution in [0.3, 0.4) is 0 Å². The van der Waals surface area contributed by atoms with E-state index in [2.05, 4.69) is 0 Å². The highest BCUT2D eigenvalue weighted by Gasteiger charge is 2.65. The minimum absolute atomic E-state index is 0.142. The molecule has 7 nitrogen and oxygen atoms in total. The van der Waals surface area contributed by atoms with Crippen LogP contribution in [-0.2, 0) is 26.4 Å². The van der Waals surface area contributed by atoms with Gasteiger partial charge in [-0.1, -0.05) is 37.3 Å². The third kappa shape index (κ3) is 3.70. The molecule has 0 aromatic heterocycles. The van der Waals surface area contributed by atoms with E-state index >= 15 is 4.39 Å². The Morgan fingerprint density at radius 3 is 2.49 bits per heavy atom. The van der Waals surface area contributed by atoms with Crippen molar-refractivity contribution in [2.75, 3.05) is 29.6 Å². The Labute approximate surface area is 204 Å². The highest BCUT2D eigenvalue weighted by atomic mass is 19.1. The lowest BCUT2D eigenvalue weighted by Crippen LogP contribution is -2.45. The van der Waals surface area contributed by atoms with Crippen LogP contribution in [0.4, 0.5) is 20.6 Å². The molecular weight excluding hydrogens is 451 g/mol. The van der Waals surface area contributed by atoms with E-state index in [1.54, 1.807) is 9.80 Å². The van der Waals surface area contributed by atoms with E-state index in [0.717, 1.165) is 22.5 Å². The molecule has 0 bridgehead atoms. The van der Waals surface area contributed by atoms with Crippen LogP contribution < -0.4 is 9.80 Å². The Bertz CT molecular complexity index is 1130. The first-order chi connectivity index (χ1) is 16.7. The van der Waals surface area contributed by atoms with Gasteiger partial charge in [-0.3, -0.25) is 9.69 Å². The molecule has 2 aromatic carbocycles. The maximum Gasteiger partial charge on any atom is 0.414 e. The zero-order valence-electron chi connectivity index (χ0n) is 20.2. The molecule has 3 heterocycles. The van der Waals surface area contributed by atoms with Crippen molar-refractivity contribution in [3.05, 3.63) is 59.7 Å². The van der Waals surface area contributed by atoms with Crippen LogP contribution in [0.25, 0.3) is 0 Å². The summed E-state index contributed by atoms with van der Waals surface area (Å²) < 4.78 is 26.8. The van der Waals surface area contributed by atoms with Gasteiger partial charge in [0.25, 0.3) is 5.91 Å². The summed E-state index contributed by atoms with van der Waals surface area (Å²) in [7, 11) is 0. The number of rotatable bonds is 6. The first-order valence-electron chi connectivity index (χ1n) is 12.1. The number of nitrogens with zero attached hydrogens (tertiary/aromatic N) is 2. The number of aliphatic hydroxyl groups excluding tert-OH is 1. The van der Waals surface area contributed by atoms with Crippen molar-refractivity contribution in [3.8, 4) is 0 Å². The number of carbonyl (C=O) groups is 2. The Balaban J connectivity index is 1.48. The highest BCUT2D eigenvalue weighted by Crippen LogP contribution is 2.58. The number of cyclic esters (lactones) is 1. The van der Waals surface area contributed by atoms with Gasteiger partial charge in [0.05, 0.1) is 24.9 Å². The normalized spacial score (nSPS) is 28.2. The summed E-state index contributed by atoms with van der Waals surface area (Å²) in [5, 5.41) is 9.62. The smallest absolute Gasteiger partial charge is 0.414 e. The SMILES string of the molecule is C[C@H]1[C@H](C(C)(C)F)[C@@H](CCO)O[C@]12C(=O)N(Cc1ccc(N3CCOC3=O)cc1)c1ccccc12. The first kappa shape index (κ1) is 23.8. The maximum absolute atomic E-state index is 15.4. The number of para-hydroxylation sites is 1. The van der Waals surface area contributed by atoms with Gasteiger partial charge in [-0.25, -0.2) is 9.18 Å². The molecule has 3 aliphatic heterocycles. The predicted molar refractivity (Wildman–Crippen MR) is 129 cm³/mol. The summed E-state index contributed by atoms with van der Waals surface area (Å²) in [5.74, 6) is -1.19. The number of fused-ring (bicyclic) bond motifs is 2. The number of carbonyl (C=O) groups excluding carboxylic acids is 2. The summed E-state index contributed by atoms with van der Waals surface area (Å²) in [6, 6.07) is 15.0. The van der Waals surface area contributed by atoms with Crippen molar-refractivity contribution < 1.29 is 28.6 Å². The van der Waals surface area contributed by atoms with E-state index < -0.39 is 29.2 Å². The molecule has 0 aliphatic carbocycles. The van der Waals surface area contributed by atoms with E-state index in [0.29, 0.717) is 19.7 Å². The molecule has 35 heavy (non-hydrogen) atoms. The lowest BCUT2D eigenvalue weighted by Gasteiger charge is -2.32. The highest BCUT2D eigenvalue weighted by molar-refractivity contribution is 6.07. The van der Waals surface area contributed by atoms with Gasteiger partial charge in [-0.05, 0) is 44.0 Å². The average molecular weight is 483 g/mol. The number of ether oxygens (including phenoxy) is 2. The van der Waals surface area contributed by atoms with Crippen molar-refractivity contribution in [3.63, 3.8) is 0 Å². The molecule has 2 fully saturated rings. The Morgan fingerprint density at radius 2 is 1.86 bits per heavy atom. The Morgan fingerprint density at radius 1 is 1.14 bits per heavy atom. The largest absolute Gasteiger partial charge is 0.447 e. The molecule has 2 saturated heterocycles. The minimum atomic E-state index is -1.59. The topological polar surface area (TPSA) is 79.3 Å². The van der Waals surface area contributed by atoms with Gasteiger partial charge in [-0.15, -0.1) is 0 Å². The van der Waals surface area contributed by atoms with Crippen molar-refractivity contribution in [1.82, 2.24) is 0 Å². The van der Waals surface area contributed by atoms with Gasteiger partial charge >= 0.3 is 6.09 Å². The second kappa shape index (κ2) is 8.60. The second-order valence-corrected chi connectivity index (χ2v) is 10.1. The van der Waals surface area contributed by atoms with Crippen LogP contribution in [-0.4, -0.2) is 48.6 Å². The fraction of sp³-hybridized carbons (Fsp3) is 0.481.